The minimum atomic E-state index is 0.194. The van der Waals surface area contributed by atoms with Gasteiger partial charge >= 0.3 is 0 Å². The van der Waals surface area contributed by atoms with Crippen LogP contribution < -0.4 is 5.73 Å². The molecule has 1 saturated heterocycles. The monoisotopic (exact) mass is 243 g/mol. The highest BCUT2D eigenvalue weighted by Gasteiger charge is 2.34. The Morgan fingerprint density at radius 1 is 1.18 bits per heavy atom. The van der Waals surface area contributed by atoms with E-state index in [0.717, 1.165) is 32.7 Å². The third-order valence-corrected chi connectivity index (χ3v) is 3.60. The van der Waals surface area contributed by atoms with E-state index in [2.05, 4.69) is 37.5 Å². The summed E-state index contributed by atoms with van der Waals surface area (Å²) in [5, 5.41) is 8.94. The van der Waals surface area contributed by atoms with E-state index in [4.69, 9.17) is 10.8 Å². The summed E-state index contributed by atoms with van der Waals surface area (Å²) >= 11 is 0. The zero-order valence-corrected chi connectivity index (χ0v) is 11.8. The molecule has 17 heavy (non-hydrogen) atoms. The minimum Gasteiger partial charge on any atom is -0.395 e. The number of nitrogens with zero attached hydrogens (tertiary/aromatic N) is 2. The first-order valence-corrected chi connectivity index (χ1v) is 6.69. The predicted octanol–water partition coefficient (Wildman–Crippen LogP) is 0.358. The molecule has 2 atom stereocenters. The van der Waals surface area contributed by atoms with Crippen LogP contribution in [0, 0.1) is 5.41 Å². The molecule has 1 aliphatic heterocycles. The van der Waals surface area contributed by atoms with Crippen molar-refractivity contribution in [3.8, 4) is 0 Å². The Morgan fingerprint density at radius 2 is 1.71 bits per heavy atom. The average molecular weight is 243 g/mol. The van der Waals surface area contributed by atoms with E-state index < -0.39 is 0 Å². The molecule has 1 heterocycles. The summed E-state index contributed by atoms with van der Waals surface area (Å²) in [7, 11) is 0. The van der Waals surface area contributed by atoms with Gasteiger partial charge in [0.05, 0.1) is 6.61 Å². The molecule has 0 radical (unpaired) electrons. The van der Waals surface area contributed by atoms with Crippen LogP contribution >= 0.6 is 0 Å². The third kappa shape index (κ3) is 4.21. The molecule has 0 aromatic carbocycles. The van der Waals surface area contributed by atoms with Crippen LogP contribution in [0.1, 0.15) is 27.7 Å². The van der Waals surface area contributed by atoms with Crippen molar-refractivity contribution in [2.75, 3.05) is 39.3 Å². The van der Waals surface area contributed by atoms with Crippen LogP contribution in [-0.4, -0.2) is 66.3 Å². The number of β-amino-alcohol motifs (C(OH)–C–C–N with tert-alkyl or cyclic N) is 1. The normalized spacial score (nSPS) is 23.6. The summed E-state index contributed by atoms with van der Waals surface area (Å²) in [4.78, 5) is 4.83. The van der Waals surface area contributed by atoms with Gasteiger partial charge in [-0.1, -0.05) is 20.8 Å². The molecule has 1 rings (SSSR count). The molecule has 1 fully saturated rings. The summed E-state index contributed by atoms with van der Waals surface area (Å²) in [6.45, 7) is 14.2. The molecule has 4 heteroatoms. The molecule has 0 aromatic rings. The van der Waals surface area contributed by atoms with E-state index in [1.807, 2.05) is 0 Å². The standard InChI is InChI=1S/C13H29N3O/c1-11(14)12(13(2,3)4)16-7-5-15(6-8-16)9-10-17/h11-12,17H,5-10,14H2,1-4H3. The van der Waals surface area contributed by atoms with Crippen molar-refractivity contribution in [2.45, 2.75) is 39.8 Å². The van der Waals surface area contributed by atoms with Gasteiger partial charge in [0.1, 0.15) is 0 Å². The lowest BCUT2D eigenvalue weighted by molar-refractivity contribution is 0.0302. The van der Waals surface area contributed by atoms with Gasteiger partial charge in [-0.3, -0.25) is 9.80 Å². The van der Waals surface area contributed by atoms with Crippen molar-refractivity contribution in [2.24, 2.45) is 11.1 Å². The van der Waals surface area contributed by atoms with Gasteiger partial charge in [0.2, 0.25) is 0 Å². The third-order valence-electron chi connectivity index (χ3n) is 3.60. The van der Waals surface area contributed by atoms with Gasteiger partial charge in [-0.2, -0.15) is 0 Å². The minimum absolute atomic E-state index is 0.194. The Hall–Kier alpha value is -0.160. The number of aliphatic hydroxyl groups is 1. The Morgan fingerprint density at radius 3 is 2.06 bits per heavy atom. The second kappa shape index (κ2) is 6.14. The lowest BCUT2D eigenvalue weighted by Gasteiger charge is -2.46. The van der Waals surface area contributed by atoms with E-state index >= 15 is 0 Å². The molecule has 0 spiro atoms. The van der Waals surface area contributed by atoms with Gasteiger partial charge < -0.3 is 10.8 Å². The average Bonchev–Trinajstić information content (AvgIpc) is 2.18. The lowest BCUT2D eigenvalue weighted by Crippen LogP contribution is -2.59. The number of hydrogen-bond donors (Lipinski definition) is 2. The van der Waals surface area contributed by atoms with Crippen LogP contribution in [0.15, 0.2) is 0 Å². The SMILES string of the molecule is CC(N)C(N1CCN(CCO)CC1)C(C)(C)C. The molecule has 102 valence electrons. The highest BCUT2D eigenvalue weighted by Crippen LogP contribution is 2.27. The second-order valence-corrected chi connectivity index (χ2v) is 6.27. The summed E-state index contributed by atoms with van der Waals surface area (Å²) in [6.07, 6.45) is 0. The molecule has 4 nitrogen and oxygen atoms in total. The largest absolute Gasteiger partial charge is 0.395 e. The van der Waals surface area contributed by atoms with E-state index in [-0.39, 0.29) is 18.1 Å². The predicted molar refractivity (Wildman–Crippen MR) is 72.0 cm³/mol. The molecule has 3 N–H and O–H groups in total. The number of nitrogens with two attached hydrogens (primary N) is 1. The smallest absolute Gasteiger partial charge is 0.0558 e. The summed E-state index contributed by atoms with van der Waals surface area (Å²) < 4.78 is 0. The summed E-state index contributed by atoms with van der Waals surface area (Å²) in [5.41, 5.74) is 6.37. The first-order valence-electron chi connectivity index (χ1n) is 6.69. The van der Waals surface area contributed by atoms with Crippen molar-refractivity contribution < 1.29 is 5.11 Å². The van der Waals surface area contributed by atoms with Crippen LogP contribution in [0.4, 0.5) is 0 Å². The molecule has 0 saturated carbocycles. The lowest BCUT2D eigenvalue weighted by atomic mass is 9.81. The van der Waals surface area contributed by atoms with Crippen LogP contribution in [0.25, 0.3) is 0 Å². The Labute approximate surface area is 106 Å². The number of piperazine rings is 1. The zero-order valence-electron chi connectivity index (χ0n) is 11.8. The number of rotatable bonds is 4. The van der Waals surface area contributed by atoms with Crippen LogP contribution in [0.2, 0.25) is 0 Å². The maximum atomic E-state index is 8.94. The van der Waals surface area contributed by atoms with E-state index in [9.17, 15) is 0 Å². The van der Waals surface area contributed by atoms with Gasteiger partial charge in [0, 0.05) is 44.8 Å². The topological polar surface area (TPSA) is 52.7 Å². The Balaban J connectivity index is 2.56. The number of hydrogen-bond acceptors (Lipinski definition) is 4. The van der Waals surface area contributed by atoms with Crippen molar-refractivity contribution >= 4 is 0 Å². The maximum Gasteiger partial charge on any atom is 0.0558 e. The Kier molecular flexibility index (Phi) is 5.38. The van der Waals surface area contributed by atoms with Crippen LogP contribution in [0.3, 0.4) is 0 Å². The molecule has 0 aromatic heterocycles. The van der Waals surface area contributed by atoms with Crippen LogP contribution in [-0.2, 0) is 0 Å². The van der Waals surface area contributed by atoms with E-state index in [1.165, 1.54) is 0 Å². The highest BCUT2D eigenvalue weighted by atomic mass is 16.3. The molecular weight excluding hydrogens is 214 g/mol. The first kappa shape index (κ1) is 14.9. The van der Waals surface area contributed by atoms with Crippen molar-refractivity contribution in [3.05, 3.63) is 0 Å². The van der Waals surface area contributed by atoms with Gasteiger partial charge in [-0.05, 0) is 12.3 Å². The highest BCUT2D eigenvalue weighted by molar-refractivity contribution is 4.91. The van der Waals surface area contributed by atoms with Crippen molar-refractivity contribution in [1.82, 2.24) is 9.80 Å². The van der Waals surface area contributed by atoms with Gasteiger partial charge in [0.25, 0.3) is 0 Å². The zero-order chi connectivity index (χ0) is 13.1. The quantitative estimate of drug-likeness (QED) is 0.748. The fourth-order valence-corrected chi connectivity index (χ4v) is 3.08. The fraction of sp³-hybridized carbons (Fsp3) is 1.00. The van der Waals surface area contributed by atoms with Gasteiger partial charge in [0.15, 0.2) is 0 Å². The molecule has 2 unspecified atom stereocenters. The molecule has 0 aliphatic carbocycles. The van der Waals surface area contributed by atoms with E-state index in [0.29, 0.717) is 6.04 Å². The fourth-order valence-electron chi connectivity index (χ4n) is 3.08. The van der Waals surface area contributed by atoms with Crippen molar-refractivity contribution in [1.29, 1.82) is 0 Å². The van der Waals surface area contributed by atoms with Crippen molar-refractivity contribution in [3.63, 3.8) is 0 Å². The first-order chi connectivity index (χ1) is 7.86. The summed E-state index contributed by atoms with van der Waals surface area (Å²) in [6, 6.07) is 0.623. The van der Waals surface area contributed by atoms with Gasteiger partial charge in [-0.25, -0.2) is 0 Å². The molecular formula is C13H29N3O. The van der Waals surface area contributed by atoms with E-state index in [1.54, 1.807) is 0 Å². The van der Waals surface area contributed by atoms with Crippen LogP contribution in [0.5, 0.6) is 0 Å². The molecule has 1 aliphatic rings. The number of aliphatic hydroxyl groups excluding tert-OH is 1. The Bertz CT molecular complexity index is 217. The molecule has 0 amide bonds. The summed E-state index contributed by atoms with van der Waals surface area (Å²) in [5.74, 6) is 0. The maximum absolute atomic E-state index is 8.94. The second-order valence-electron chi connectivity index (χ2n) is 6.27. The van der Waals surface area contributed by atoms with Gasteiger partial charge in [-0.15, -0.1) is 0 Å². The molecule has 0 bridgehead atoms.